The second-order valence-corrected chi connectivity index (χ2v) is 3.37. The molecule has 1 heterocycles. The van der Waals surface area contributed by atoms with Crippen molar-refractivity contribution in [1.82, 2.24) is 0 Å². The van der Waals surface area contributed by atoms with Gasteiger partial charge in [-0.05, 0) is 24.1 Å². The highest BCUT2D eigenvalue weighted by atomic mass is 19.1. The van der Waals surface area contributed by atoms with Crippen molar-refractivity contribution < 1.29 is 9.13 Å². The van der Waals surface area contributed by atoms with E-state index in [-0.39, 0.29) is 18.0 Å². The molecule has 0 saturated carbocycles. The van der Waals surface area contributed by atoms with E-state index in [0.29, 0.717) is 6.61 Å². The first-order chi connectivity index (χ1) is 6.25. The van der Waals surface area contributed by atoms with Gasteiger partial charge < -0.3 is 10.5 Å². The van der Waals surface area contributed by atoms with Crippen LogP contribution in [-0.2, 0) is 4.74 Å². The molecule has 1 fully saturated rings. The summed E-state index contributed by atoms with van der Waals surface area (Å²) in [7, 11) is 0. The maximum atomic E-state index is 12.6. The van der Waals surface area contributed by atoms with Crippen LogP contribution in [0.25, 0.3) is 0 Å². The maximum absolute atomic E-state index is 12.6. The second-order valence-electron chi connectivity index (χ2n) is 3.37. The summed E-state index contributed by atoms with van der Waals surface area (Å²) >= 11 is 0. The van der Waals surface area contributed by atoms with Crippen LogP contribution in [0.5, 0.6) is 0 Å². The van der Waals surface area contributed by atoms with Gasteiger partial charge in [-0.1, -0.05) is 12.1 Å². The molecule has 2 N–H and O–H groups in total. The summed E-state index contributed by atoms with van der Waals surface area (Å²) in [6, 6.07) is 6.51. The van der Waals surface area contributed by atoms with Gasteiger partial charge in [0.15, 0.2) is 0 Å². The van der Waals surface area contributed by atoms with E-state index in [9.17, 15) is 4.39 Å². The van der Waals surface area contributed by atoms with E-state index in [1.807, 2.05) is 0 Å². The van der Waals surface area contributed by atoms with Gasteiger partial charge in [-0.15, -0.1) is 0 Å². The van der Waals surface area contributed by atoms with Gasteiger partial charge in [0.2, 0.25) is 0 Å². The molecule has 1 aliphatic rings. The van der Waals surface area contributed by atoms with Gasteiger partial charge in [0.25, 0.3) is 0 Å². The van der Waals surface area contributed by atoms with E-state index >= 15 is 0 Å². The molecule has 2 nitrogen and oxygen atoms in total. The van der Waals surface area contributed by atoms with Gasteiger partial charge in [0, 0.05) is 6.04 Å². The molecule has 1 aliphatic heterocycles. The second kappa shape index (κ2) is 3.44. The summed E-state index contributed by atoms with van der Waals surface area (Å²) < 4.78 is 18.0. The predicted molar refractivity (Wildman–Crippen MR) is 47.7 cm³/mol. The van der Waals surface area contributed by atoms with Crippen molar-refractivity contribution in [2.24, 2.45) is 5.73 Å². The summed E-state index contributed by atoms with van der Waals surface area (Å²) in [5, 5.41) is 0. The third-order valence-corrected chi connectivity index (χ3v) is 2.27. The van der Waals surface area contributed by atoms with Gasteiger partial charge in [0.05, 0.1) is 12.7 Å². The summed E-state index contributed by atoms with van der Waals surface area (Å²) in [5.41, 5.74) is 6.70. The van der Waals surface area contributed by atoms with Crippen molar-refractivity contribution in [3.63, 3.8) is 0 Å². The first-order valence-corrected chi connectivity index (χ1v) is 4.38. The van der Waals surface area contributed by atoms with Crippen LogP contribution < -0.4 is 5.73 Å². The first-order valence-electron chi connectivity index (χ1n) is 4.38. The van der Waals surface area contributed by atoms with Crippen molar-refractivity contribution in [2.45, 2.75) is 18.6 Å². The van der Waals surface area contributed by atoms with Crippen LogP contribution in [0, 0.1) is 5.82 Å². The van der Waals surface area contributed by atoms with E-state index in [2.05, 4.69) is 0 Å². The van der Waals surface area contributed by atoms with E-state index in [0.717, 1.165) is 12.0 Å². The van der Waals surface area contributed by atoms with Gasteiger partial charge in [-0.2, -0.15) is 0 Å². The third-order valence-electron chi connectivity index (χ3n) is 2.27. The number of ether oxygens (including phenoxy) is 1. The number of nitrogens with two attached hydrogens (primary N) is 1. The number of hydrogen-bond acceptors (Lipinski definition) is 2. The Morgan fingerprint density at radius 2 is 2.00 bits per heavy atom. The monoisotopic (exact) mass is 181 g/mol. The van der Waals surface area contributed by atoms with E-state index in [1.54, 1.807) is 12.1 Å². The lowest BCUT2D eigenvalue weighted by Gasteiger charge is -2.08. The van der Waals surface area contributed by atoms with Crippen LogP contribution in [0.3, 0.4) is 0 Å². The molecule has 1 aromatic rings. The van der Waals surface area contributed by atoms with Crippen molar-refractivity contribution in [3.05, 3.63) is 35.6 Å². The molecular weight excluding hydrogens is 169 g/mol. The molecule has 1 aromatic carbocycles. The molecule has 3 heteroatoms. The Balaban J connectivity index is 2.13. The summed E-state index contributed by atoms with van der Waals surface area (Å²) in [4.78, 5) is 0. The number of hydrogen-bond donors (Lipinski definition) is 1. The zero-order chi connectivity index (χ0) is 9.26. The molecule has 2 rings (SSSR count). The van der Waals surface area contributed by atoms with E-state index in [4.69, 9.17) is 10.5 Å². The molecule has 70 valence electrons. The Bertz CT molecular complexity index is 285. The molecule has 2 atom stereocenters. The molecule has 1 saturated heterocycles. The van der Waals surface area contributed by atoms with Crippen molar-refractivity contribution in [1.29, 1.82) is 0 Å². The normalized spacial score (nSPS) is 27.8. The number of halogens is 1. The topological polar surface area (TPSA) is 35.2 Å². The van der Waals surface area contributed by atoms with E-state index < -0.39 is 0 Å². The zero-order valence-electron chi connectivity index (χ0n) is 7.24. The standard InChI is InChI=1S/C10H12FNO/c11-8-3-1-7(2-4-8)10-5-9(12)6-13-10/h1-4,9-10H,5-6,12H2/t9-,10+/m1/s1. The fourth-order valence-electron chi connectivity index (χ4n) is 1.56. The Morgan fingerprint density at radius 1 is 1.31 bits per heavy atom. The largest absolute Gasteiger partial charge is 0.372 e. The quantitative estimate of drug-likeness (QED) is 0.714. The molecular formula is C10H12FNO. The molecule has 0 radical (unpaired) electrons. The summed E-state index contributed by atoms with van der Waals surface area (Å²) in [6.45, 7) is 0.599. The Kier molecular flexibility index (Phi) is 2.29. The molecule has 0 unspecified atom stereocenters. The van der Waals surface area contributed by atoms with Crippen molar-refractivity contribution in [3.8, 4) is 0 Å². The predicted octanol–water partition coefficient (Wildman–Crippen LogP) is 1.61. The zero-order valence-corrected chi connectivity index (χ0v) is 7.24. The molecule has 0 bridgehead atoms. The van der Waals surface area contributed by atoms with Crippen LogP contribution in [0.1, 0.15) is 18.1 Å². The smallest absolute Gasteiger partial charge is 0.123 e. The van der Waals surface area contributed by atoms with Gasteiger partial charge in [-0.25, -0.2) is 4.39 Å². The number of benzene rings is 1. The fourth-order valence-corrected chi connectivity index (χ4v) is 1.56. The molecule has 0 spiro atoms. The van der Waals surface area contributed by atoms with Crippen LogP contribution in [0.15, 0.2) is 24.3 Å². The van der Waals surface area contributed by atoms with E-state index in [1.165, 1.54) is 12.1 Å². The highest BCUT2D eigenvalue weighted by Crippen LogP contribution is 2.27. The minimum absolute atomic E-state index is 0.0515. The molecule has 13 heavy (non-hydrogen) atoms. The minimum Gasteiger partial charge on any atom is -0.372 e. The Morgan fingerprint density at radius 3 is 2.54 bits per heavy atom. The lowest BCUT2D eigenvalue weighted by atomic mass is 10.1. The van der Waals surface area contributed by atoms with Crippen molar-refractivity contribution >= 4 is 0 Å². The highest BCUT2D eigenvalue weighted by Gasteiger charge is 2.23. The number of rotatable bonds is 1. The lowest BCUT2D eigenvalue weighted by molar-refractivity contribution is 0.110. The van der Waals surface area contributed by atoms with Gasteiger partial charge >= 0.3 is 0 Å². The molecule has 0 amide bonds. The first kappa shape index (κ1) is 8.66. The summed E-state index contributed by atoms with van der Waals surface area (Å²) in [5.74, 6) is -0.217. The average molecular weight is 181 g/mol. The molecule has 0 aliphatic carbocycles. The van der Waals surface area contributed by atoms with Gasteiger partial charge in [-0.3, -0.25) is 0 Å². The lowest BCUT2D eigenvalue weighted by Crippen LogP contribution is -2.18. The minimum atomic E-state index is -0.217. The third kappa shape index (κ3) is 1.87. The van der Waals surface area contributed by atoms with Crippen LogP contribution in [0.4, 0.5) is 4.39 Å². The Labute approximate surface area is 76.5 Å². The fraction of sp³-hybridized carbons (Fsp3) is 0.400. The van der Waals surface area contributed by atoms with Gasteiger partial charge in [0.1, 0.15) is 5.82 Å². The highest BCUT2D eigenvalue weighted by molar-refractivity contribution is 5.19. The Hall–Kier alpha value is -0.930. The van der Waals surface area contributed by atoms with Crippen LogP contribution in [-0.4, -0.2) is 12.6 Å². The van der Waals surface area contributed by atoms with Crippen LogP contribution >= 0.6 is 0 Å². The average Bonchev–Trinajstić information content (AvgIpc) is 2.53. The maximum Gasteiger partial charge on any atom is 0.123 e. The van der Waals surface area contributed by atoms with Crippen molar-refractivity contribution in [2.75, 3.05) is 6.61 Å². The molecule has 0 aromatic heterocycles. The van der Waals surface area contributed by atoms with Crippen LogP contribution in [0.2, 0.25) is 0 Å². The SMILES string of the molecule is N[C@H]1CO[C@H](c2ccc(F)cc2)C1. The summed E-state index contributed by atoms with van der Waals surface area (Å²) in [6.07, 6.45) is 0.877.